The number of nitrogens with two attached hydrogens (primary N) is 1. The molecule has 2 aromatic rings. The molecule has 0 saturated carbocycles. The number of nitrogens with one attached hydrogen (secondary N) is 2. The number of nitrogens with zero attached hydrogens (tertiary/aromatic N) is 2. The number of carbonyl (C=O) groups is 1. The van der Waals surface area contributed by atoms with Gasteiger partial charge in [-0.2, -0.15) is 0 Å². The van der Waals surface area contributed by atoms with Crippen molar-refractivity contribution in [2.75, 3.05) is 10.7 Å². The third-order valence-electron chi connectivity index (χ3n) is 2.35. The van der Waals surface area contributed by atoms with E-state index in [9.17, 15) is 4.79 Å². The number of amides is 1. The van der Waals surface area contributed by atoms with E-state index < -0.39 is 0 Å². The van der Waals surface area contributed by atoms with E-state index in [0.29, 0.717) is 11.5 Å². The van der Waals surface area contributed by atoms with Crippen LogP contribution in [0.1, 0.15) is 16.1 Å². The van der Waals surface area contributed by atoms with Crippen molar-refractivity contribution in [2.24, 2.45) is 5.84 Å². The van der Waals surface area contributed by atoms with Crippen molar-refractivity contribution in [3.05, 3.63) is 46.1 Å². The first kappa shape index (κ1) is 13.4. The summed E-state index contributed by atoms with van der Waals surface area (Å²) in [7, 11) is 0. The van der Waals surface area contributed by atoms with Gasteiger partial charge < -0.3 is 10.7 Å². The van der Waals surface area contributed by atoms with E-state index in [1.54, 1.807) is 12.1 Å². The Morgan fingerprint density at radius 1 is 1.26 bits per heavy atom. The highest BCUT2D eigenvalue weighted by molar-refractivity contribution is 9.10. The molecule has 0 unspecified atom stereocenters. The lowest BCUT2D eigenvalue weighted by atomic mass is 10.2. The lowest BCUT2D eigenvalue weighted by molar-refractivity contribution is 0.102. The van der Waals surface area contributed by atoms with Crippen molar-refractivity contribution in [1.82, 2.24) is 10.2 Å². The van der Waals surface area contributed by atoms with Crippen molar-refractivity contribution in [3.63, 3.8) is 0 Å². The first-order valence-electron chi connectivity index (χ1n) is 5.47. The van der Waals surface area contributed by atoms with Gasteiger partial charge in [0, 0.05) is 10.2 Å². The Balaban J connectivity index is 2.15. The zero-order valence-electron chi connectivity index (χ0n) is 10.1. The van der Waals surface area contributed by atoms with E-state index in [0.717, 1.165) is 10.0 Å². The zero-order chi connectivity index (χ0) is 13.8. The van der Waals surface area contributed by atoms with Crippen LogP contribution in [0.25, 0.3) is 0 Å². The van der Waals surface area contributed by atoms with Crippen LogP contribution in [0.3, 0.4) is 0 Å². The molecular weight excluding hydrogens is 310 g/mol. The van der Waals surface area contributed by atoms with Gasteiger partial charge in [0.1, 0.15) is 0 Å². The van der Waals surface area contributed by atoms with Crippen molar-refractivity contribution in [2.45, 2.75) is 6.92 Å². The Hall–Kier alpha value is -1.99. The van der Waals surface area contributed by atoms with Gasteiger partial charge in [-0.05, 0) is 42.8 Å². The molecule has 1 heterocycles. The summed E-state index contributed by atoms with van der Waals surface area (Å²) in [5.74, 6) is 5.25. The molecule has 0 fully saturated rings. The van der Waals surface area contributed by atoms with Crippen LogP contribution in [-0.2, 0) is 0 Å². The fraction of sp³-hybridized carbons (Fsp3) is 0.0833. The van der Waals surface area contributed by atoms with E-state index in [-0.39, 0.29) is 11.6 Å². The van der Waals surface area contributed by atoms with Gasteiger partial charge >= 0.3 is 0 Å². The Morgan fingerprint density at radius 2 is 2.05 bits per heavy atom. The smallest absolute Gasteiger partial charge is 0.276 e. The Labute approximate surface area is 118 Å². The second kappa shape index (κ2) is 5.77. The molecule has 7 heteroatoms. The van der Waals surface area contributed by atoms with Crippen molar-refractivity contribution >= 4 is 33.3 Å². The number of aromatic nitrogens is 2. The van der Waals surface area contributed by atoms with Crippen LogP contribution in [0.15, 0.2) is 34.8 Å². The standard InChI is InChI=1S/C12H12BrN5O/c1-7-4-8(13)6-9(5-7)15-12(19)10-2-3-11(16-14)18-17-10/h2-6H,14H2,1H3,(H,15,19)(H,16,18). The SMILES string of the molecule is Cc1cc(Br)cc(NC(=O)c2ccc(NN)nn2)c1. The summed E-state index contributed by atoms with van der Waals surface area (Å²) in [5.41, 5.74) is 4.30. The summed E-state index contributed by atoms with van der Waals surface area (Å²) in [6, 6.07) is 8.76. The molecule has 2 rings (SSSR count). The second-order valence-corrected chi connectivity index (χ2v) is 4.84. The molecular formula is C12H12BrN5O. The molecule has 1 aromatic carbocycles. The predicted molar refractivity (Wildman–Crippen MR) is 76.7 cm³/mol. The minimum Gasteiger partial charge on any atom is -0.321 e. The largest absolute Gasteiger partial charge is 0.321 e. The molecule has 1 aromatic heterocycles. The molecule has 6 nitrogen and oxygen atoms in total. The van der Waals surface area contributed by atoms with Crippen LogP contribution >= 0.6 is 15.9 Å². The molecule has 1 amide bonds. The molecule has 0 saturated heterocycles. The minimum atomic E-state index is -0.325. The predicted octanol–water partition coefficient (Wildman–Crippen LogP) is 2.09. The van der Waals surface area contributed by atoms with Crippen molar-refractivity contribution < 1.29 is 4.79 Å². The highest BCUT2D eigenvalue weighted by Crippen LogP contribution is 2.19. The Morgan fingerprint density at radius 3 is 2.63 bits per heavy atom. The van der Waals surface area contributed by atoms with Crippen LogP contribution in [0.2, 0.25) is 0 Å². The third kappa shape index (κ3) is 3.49. The first-order chi connectivity index (χ1) is 9.08. The van der Waals surface area contributed by atoms with Crippen LogP contribution in [0.5, 0.6) is 0 Å². The van der Waals surface area contributed by atoms with Gasteiger partial charge in [-0.1, -0.05) is 15.9 Å². The van der Waals surface area contributed by atoms with Gasteiger partial charge in [-0.25, -0.2) is 5.84 Å². The van der Waals surface area contributed by atoms with Gasteiger partial charge in [0.05, 0.1) is 0 Å². The molecule has 0 aliphatic carbocycles. The highest BCUT2D eigenvalue weighted by atomic mass is 79.9. The van der Waals surface area contributed by atoms with Crippen LogP contribution in [-0.4, -0.2) is 16.1 Å². The van der Waals surface area contributed by atoms with Crippen LogP contribution < -0.4 is 16.6 Å². The summed E-state index contributed by atoms with van der Waals surface area (Å²) >= 11 is 3.38. The summed E-state index contributed by atoms with van der Waals surface area (Å²) in [4.78, 5) is 12.0. The number of benzene rings is 1. The van der Waals surface area contributed by atoms with Gasteiger partial charge in [0.25, 0.3) is 5.91 Å². The maximum Gasteiger partial charge on any atom is 0.276 e. The van der Waals surface area contributed by atoms with Crippen molar-refractivity contribution in [1.29, 1.82) is 0 Å². The lowest BCUT2D eigenvalue weighted by Crippen LogP contribution is -2.16. The number of aryl methyl sites for hydroxylation is 1. The van der Waals surface area contributed by atoms with Gasteiger partial charge in [-0.3, -0.25) is 4.79 Å². The molecule has 0 spiro atoms. The van der Waals surface area contributed by atoms with E-state index in [2.05, 4.69) is 36.9 Å². The number of halogens is 1. The average Bonchev–Trinajstić information content (AvgIpc) is 2.37. The quantitative estimate of drug-likeness (QED) is 0.594. The molecule has 98 valence electrons. The summed E-state index contributed by atoms with van der Waals surface area (Å²) < 4.78 is 0.900. The first-order valence-corrected chi connectivity index (χ1v) is 6.26. The second-order valence-electron chi connectivity index (χ2n) is 3.92. The third-order valence-corrected chi connectivity index (χ3v) is 2.80. The average molecular weight is 322 g/mol. The van der Waals surface area contributed by atoms with E-state index in [1.807, 2.05) is 25.1 Å². The van der Waals surface area contributed by atoms with Crippen molar-refractivity contribution in [3.8, 4) is 0 Å². The maximum absolute atomic E-state index is 12.0. The number of anilines is 2. The minimum absolute atomic E-state index is 0.219. The number of hydrogen-bond donors (Lipinski definition) is 3. The summed E-state index contributed by atoms with van der Waals surface area (Å²) in [5, 5.41) is 10.3. The molecule has 0 atom stereocenters. The van der Waals surface area contributed by atoms with Gasteiger partial charge in [0.15, 0.2) is 11.5 Å². The molecule has 0 radical (unpaired) electrons. The molecule has 0 aliphatic heterocycles. The fourth-order valence-electron chi connectivity index (χ4n) is 1.53. The summed E-state index contributed by atoms with van der Waals surface area (Å²) in [6.45, 7) is 1.95. The molecule has 0 bridgehead atoms. The maximum atomic E-state index is 12.0. The topological polar surface area (TPSA) is 92.9 Å². The molecule has 19 heavy (non-hydrogen) atoms. The van der Waals surface area contributed by atoms with E-state index >= 15 is 0 Å². The van der Waals surface area contributed by atoms with E-state index in [4.69, 9.17) is 5.84 Å². The molecule has 0 aliphatic rings. The Kier molecular flexibility index (Phi) is 4.08. The number of hydrazine groups is 1. The lowest BCUT2D eigenvalue weighted by Gasteiger charge is -2.06. The Bertz CT molecular complexity index is 579. The molecule has 4 N–H and O–H groups in total. The van der Waals surface area contributed by atoms with Crippen LogP contribution in [0, 0.1) is 6.92 Å². The number of hydrogen-bond acceptors (Lipinski definition) is 5. The fourth-order valence-corrected chi connectivity index (χ4v) is 2.14. The summed E-state index contributed by atoms with van der Waals surface area (Å²) in [6.07, 6.45) is 0. The van der Waals surface area contributed by atoms with Gasteiger partial charge in [0.2, 0.25) is 0 Å². The number of rotatable bonds is 3. The van der Waals surface area contributed by atoms with Crippen LogP contribution in [0.4, 0.5) is 11.5 Å². The normalized spacial score (nSPS) is 10.1. The van der Waals surface area contributed by atoms with Gasteiger partial charge in [-0.15, -0.1) is 10.2 Å². The number of carbonyl (C=O) groups excluding carboxylic acids is 1. The van der Waals surface area contributed by atoms with E-state index in [1.165, 1.54) is 0 Å². The number of nitrogen functional groups attached to an aromatic ring is 1. The zero-order valence-corrected chi connectivity index (χ0v) is 11.7. The monoisotopic (exact) mass is 321 g/mol. The highest BCUT2D eigenvalue weighted by Gasteiger charge is 2.09.